The normalized spacial score (nSPS) is 19.2. The van der Waals surface area contributed by atoms with Gasteiger partial charge in [-0.25, -0.2) is 0 Å². The molecular weight excluding hydrogens is 215 g/mol. The van der Waals surface area contributed by atoms with Crippen LogP contribution in [0.15, 0.2) is 24.3 Å². The number of hydrogen-bond acceptors (Lipinski definition) is 1. The molecule has 0 atom stereocenters. The second kappa shape index (κ2) is 3.77. The van der Waals surface area contributed by atoms with Gasteiger partial charge in [0.25, 0.3) is 0 Å². The van der Waals surface area contributed by atoms with Crippen molar-refractivity contribution in [3.8, 4) is 0 Å². The van der Waals surface area contributed by atoms with Gasteiger partial charge in [0.15, 0.2) is 0 Å². The van der Waals surface area contributed by atoms with Gasteiger partial charge in [-0.3, -0.25) is 0 Å². The Labute approximate surface area is 92.5 Å². The van der Waals surface area contributed by atoms with Crippen molar-refractivity contribution in [1.82, 2.24) is 0 Å². The average molecular weight is 229 g/mol. The maximum atomic E-state index is 12.7. The van der Waals surface area contributed by atoms with Crippen LogP contribution in [0.2, 0.25) is 0 Å². The maximum absolute atomic E-state index is 12.7. The quantitative estimate of drug-likeness (QED) is 0.828. The first-order valence-electron chi connectivity index (χ1n) is 5.35. The SMILES string of the molecule is NC1(Cc2ccccc2C(F)(F)F)CCC1. The molecule has 1 saturated carbocycles. The van der Waals surface area contributed by atoms with Crippen molar-refractivity contribution in [1.29, 1.82) is 0 Å². The van der Waals surface area contributed by atoms with E-state index in [1.165, 1.54) is 12.1 Å². The number of hydrogen-bond donors (Lipinski definition) is 1. The smallest absolute Gasteiger partial charge is 0.325 e. The molecule has 1 aromatic carbocycles. The monoisotopic (exact) mass is 229 g/mol. The van der Waals surface area contributed by atoms with Crippen LogP contribution in [0.25, 0.3) is 0 Å². The predicted octanol–water partition coefficient (Wildman–Crippen LogP) is 3.13. The second-order valence-corrected chi connectivity index (χ2v) is 4.55. The van der Waals surface area contributed by atoms with Crippen LogP contribution >= 0.6 is 0 Å². The fourth-order valence-electron chi connectivity index (χ4n) is 2.14. The summed E-state index contributed by atoms with van der Waals surface area (Å²) in [7, 11) is 0. The molecule has 16 heavy (non-hydrogen) atoms. The van der Waals surface area contributed by atoms with Crippen LogP contribution in [0.3, 0.4) is 0 Å². The summed E-state index contributed by atoms with van der Waals surface area (Å²) in [5.74, 6) is 0. The molecule has 1 aliphatic rings. The molecule has 1 fully saturated rings. The third-order valence-corrected chi connectivity index (χ3v) is 3.21. The molecule has 0 aromatic heterocycles. The topological polar surface area (TPSA) is 26.0 Å². The third kappa shape index (κ3) is 2.21. The van der Waals surface area contributed by atoms with Gasteiger partial charge in [-0.2, -0.15) is 13.2 Å². The molecule has 0 amide bonds. The van der Waals surface area contributed by atoms with E-state index in [-0.39, 0.29) is 0 Å². The van der Waals surface area contributed by atoms with Gasteiger partial charge >= 0.3 is 6.18 Å². The molecule has 4 heteroatoms. The number of rotatable bonds is 2. The zero-order chi connectivity index (χ0) is 11.8. The summed E-state index contributed by atoms with van der Waals surface area (Å²) < 4.78 is 38.1. The standard InChI is InChI=1S/C12H14F3N/c13-12(14,15)10-5-2-1-4-9(10)8-11(16)6-3-7-11/h1-2,4-5H,3,6-8,16H2. The largest absolute Gasteiger partial charge is 0.416 e. The van der Waals surface area contributed by atoms with Gasteiger partial charge in [0.05, 0.1) is 5.56 Å². The van der Waals surface area contributed by atoms with E-state index in [1.54, 1.807) is 6.07 Å². The van der Waals surface area contributed by atoms with Crippen molar-refractivity contribution in [3.05, 3.63) is 35.4 Å². The molecule has 0 saturated heterocycles. The molecule has 0 heterocycles. The summed E-state index contributed by atoms with van der Waals surface area (Å²) in [6.07, 6.45) is -1.30. The lowest BCUT2D eigenvalue weighted by Crippen LogP contribution is -2.48. The van der Waals surface area contributed by atoms with Crippen molar-refractivity contribution in [3.63, 3.8) is 0 Å². The van der Waals surface area contributed by atoms with Gasteiger partial charge in [0.1, 0.15) is 0 Å². The Bertz CT molecular complexity index is 380. The molecule has 0 radical (unpaired) electrons. The van der Waals surface area contributed by atoms with Crippen LogP contribution in [0.5, 0.6) is 0 Å². The first kappa shape index (κ1) is 11.5. The van der Waals surface area contributed by atoms with Crippen molar-refractivity contribution in [2.24, 2.45) is 5.73 Å². The van der Waals surface area contributed by atoms with Crippen LogP contribution in [0.4, 0.5) is 13.2 Å². The van der Waals surface area contributed by atoms with Crippen molar-refractivity contribution in [2.75, 3.05) is 0 Å². The third-order valence-electron chi connectivity index (χ3n) is 3.21. The van der Waals surface area contributed by atoms with Crippen LogP contribution < -0.4 is 5.73 Å². The summed E-state index contributed by atoms with van der Waals surface area (Å²) in [5, 5.41) is 0. The van der Waals surface area contributed by atoms with Crippen molar-refractivity contribution in [2.45, 2.75) is 37.4 Å². The lowest BCUT2D eigenvalue weighted by molar-refractivity contribution is -0.138. The Hall–Kier alpha value is -1.03. The van der Waals surface area contributed by atoms with E-state index in [0.29, 0.717) is 12.0 Å². The Kier molecular flexibility index (Phi) is 2.70. The highest BCUT2D eigenvalue weighted by Gasteiger charge is 2.37. The summed E-state index contributed by atoms with van der Waals surface area (Å²) in [6, 6.07) is 5.69. The molecule has 0 spiro atoms. The van der Waals surface area contributed by atoms with E-state index >= 15 is 0 Å². The minimum atomic E-state index is -4.28. The van der Waals surface area contributed by atoms with E-state index in [4.69, 9.17) is 5.73 Å². The van der Waals surface area contributed by atoms with Crippen LogP contribution in [-0.2, 0) is 12.6 Å². The predicted molar refractivity (Wildman–Crippen MR) is 55.9 cm³/mol. The van der Waals surface area contributed by atoms with Crippen LogP contribution in [0, 0.1) is 0 Å². The van der Waals surface area contributed by atoms with E-state index < -0.39 is 17.3 Å². The molecule has 2 N–H and O–H groups in total. The first-order chi connectivity index (χ1) is 7.41. The van der Waals surface area contributed by atoms with E-state index in [2.05, 4.69) is 0 Å². The van der Waals surface area contributed by atoms with E-state index in [0.717, 1.165) is 25.3 Å². The minimum Gasteiger partial charge on any atom is -0.325 e. The molecule has 0 unspecified atom stereocenters. The van der Waals surface area contributed by atoms with Gasteiger partial charge < -0.3 is 5.73 Å². The molecule has 2 rings (SSSR count). The molecule has 0 bridgehead atoms. The minimum absolute atomic E-state index is 0.317. The molecule has 0 aliphatic heterocycles. The highest BCUT2D eigenvalue weighted by molar-refractivity contribution is 5.31. The number of nitrogens with two attached hydrogens (primary N) is 1. The van der Waals surface area contributed by atoms with E-state index in [9.17, 15) is 13.2 Å². The summed E-state index contributed by atoms with van der Waals surface area (Å²) in [6.45, 7) is 0. The summed E-state index contributed by atoms with van der Waals surface area (Å²) >= 11 is 0. The lowest BCUT2D eigenvalue weighted by Gasteiger charge is -2.38. The zero-order valence-corrected chi connectivity index (χ0v) is 8.85. The fraction of sp³-hybridized carbons (Fsp3) is 0.500. The Morgan fingerprint density at radius 1 is 1.19 bits per heavy atom. The number of alkyl halides is 3. The Morgan fingerprint density at radius 3 is 2.31 bits per heavy atom. The van der Waals surface area contributed by atoms with Crippen molar-refractivity contribution < 1.29 is 13.2 Å². The Morgan fingerprint density at radius 2 is 1.81 bits per heavy atom. The van der Waals surface area contributed by atoms with Crippen LogP contribution in [-0.4, -0.2) is 5.54 Å². The van der Waals surface area contributed by atoms with Gasteiger partial charge in [0, 0.05) is 5.54 Å². The van der Waals surface area contributed by atoms with Crippen LogP contribution in [0.1, 0.15) is 30.4 Å². The zero-order valence-electron chi connectivity index (χ0n) is 8.85. The maximum Gasteiger partial charge on any atom is 0.416 e. The molecule has 1 aromatic rings. The van der Waals surface area contributed by atoms with E-state index in [1.807, 2.05) is 0 Å². The number of halogens is 3. The second-order valence-electron chi connectivity index (χ2n) is 4.55. The van der Waals surface area contributed by atoms with Gasteiger partial charge in [-0.15, -0.1) is 0 Å². The molecular formula is C12H14F3N. The number of benzene rings is 1. The molecule has 1 aliphatic carbocycles. The molecule has 88 valence electrons. The summed E-state index contributed by atoms with van der Waals surface area (Å²) in [5.41, 5.74) is 5.33. The van der Waals surface area contributed by atoms with Gasteiger partial charge in [0.2, 0.25) is 0 Å². The summed E-state index contributed by atoms with van der Waals surface area (Å²) in [4.78, 5) is 0. The van der Waals surface area contributed by atoms with Gasteiger partial charge in [-0.1, -0.05) is 18.2 Å². The fourth-order valence-corrected chi connectivity index (χ4v) is 2.14. The highest BCUT2D eigenvalue weighted by atomic mass is 19.4. The molecule has 1 nitrogen and oxygen atoms in total. The van der Waals surface area contributed by atoms with Crippen molar-refractivity contribution >= 4 is 0 Å². The Balaban J connectivity index is 2.26. The highest BCUT2D eigenvalue weighted by Crippen LogP contribution is 2.37. The lowest BCUT2D eigenvalue weighted by atomic mass is 9.73. The first-order valence-corrected chi connectivity index (χ1v) is 5.35. The average Bonchev–Trinajstić information content (AvgIpc) is 2.14. The van der Waals surface area contributed by atoms with Gasteiger partial charge in [-0.05, 0) is 37.3 Å².